The molecule has 0 amide bonds. The molecule has 0 aliphatic carbocycles. The maximum Gasteiger partial charge on any atom is 0.244 e. The van der Waals surface area contributed by atoms with Crippen molar-refractivity contribution < 1.29 is 9.26 Å². The molecular formula is C17H21N5O2. The van der Waals surface area contributed by atoms with Gasteiger partial charge in [-0.2, -0.15) is 10.1 Å². The van der Waals surface area contributed by atoms with Gasteiger partial charge >= 0.3 is 0 Å². The van der Waals surface area contributed by atoms with Crippen LogP contribution in [0.1, 0.15) is 36.2 Å². The zero-order valence-corrected chi connectivity index (χ0v) is 13.7. The number of nitrogens with zero attached hydrogens (tertiary/aromatic N) is 3. The molecule has 1 fully saturated rings. The van der Waals surface area contributed by atoms with Crippen molar-refractivity contribution in [3.63, 3.8) is 0 Å². The summed E-state index contributed by atoms with van der Waals surface area (Å²) in [6.07, 6.45) is 3.83. The fourth-order valence-electron chi connectivity index (χ4n) is 3.27. The molecule has 3 heterocycles. The first kappa shape index (κ1) is 15.3. The molecule has 126 valence electrons. The molecule has 0 bridgehead atoms. The highest BCUT2D eigenvalue weighted by atomic mass is 16.5. The maximum absolute atomic E-state index is 5.49. The van der Waals surface area contributed by atoms with Crippen molar-refractivity contribution in [3.05, 3.63) is 41.7 Å². The van der Waals surface area contributed by atoms with E-state index in [0.717, 1.165) is 43.5 Å². The highest BCUT2D eigenvalue weighted by Crippen LogP contribution is 2.29. The molecule has 1 aromatic carbocycles. The number of hydrogen-bond acceptors (Lipinski definition) is 6. The molecule has 2 aromatic heterocycles. The van der Waals surface area contributed by atoms with E-state index in [0.29, 0.717) is 17.6 Å². The molecule has 1 saturated heterocycles. The van der Waals surface area contributed by atoms with Crippen LogP contribution in [0.25, 0.3) is 10.9 Å². The van der Waals surface area contributed by atoms with Crippen molar-refractivity contribution >= 4 is 10.9 Å². The van der Waals surface area contributed by atoms with E-state index in [1.807, 2.05) is 13.1 Å². The molecule has 0 saturated carbocycles. The first-order chi connectivity index (χ1) is 11.8. The van der Waals surface area contributed by atoms with Crippen LogP contribution >= 0.6 is 0 Å². The Bertz CT molecular complexity index is 806. The highest BCUT2D eigenvalue weighted by Gasteiger charge is 2.29. The van der Waals surface area contributed by atoms with Crippen LogP contribution in [-0.2, 0) is 11.3 Å². The smallest absolute Gasteiger partial charge is 0.244 e. The monoisotopic (exact) mass is 327 g/mol. The van der Waals surface area contributed by atoms with E-state index in [-0.39, 0.29) is 6.04 Å². The van der Waals surface area contributed by atoms with Gasteiger partial charge in [0, 0.05) is 25.1 Å². The number of hydrogen-bond donors (Lipinski definition) is 2. The van der Waals surface area contributed by atoms with Gasteiger partial charge in [-0.1, -0.05) is 17.3 Å². The molecule has 4 rings (SSSR count). The third kappa shape index (κ3) is 3.18. The molecule has 0 unspecified atom stereocenters. The van der Waals surface area contributed by atoms with E-state index in [1.165, 1.54) is 5.56 Å². The Morgan fingerprint density at radius 3 is 3.00 bits per heavy atom. The minimum atomic E-state index is 0.0487. The summed E-state index contributed by atoms with van der Waals surface area (Å²) in [5, 5.41) is 15.8. The van der Waals surface area contributed by atoms with Crippen molar-refractivity contribution in [3.8, 4) is 0 Å². The van der Waals surface area contributed by atoms with E-state index in [9.17, 15) is 0 Å². The van der Waals surface area contributed by atoms with Crippen molar-refractivity contribution in [2.75, 3.05) is 13.2 Å². The predicted octanol–water partition coefficient (Wildman–Crippen LogP) is 2.51. The van der Waals surface area contributed by atoms with Gasteiger partial charge in [0.1, 0.15) is 0 Å². The predicted molar refractivity (Wildman–Crippen MR) is 88.3 cm³/mol. The molecule has 3 aromatic rings. The molecule has 7 heteroatoms. The molecule has 1 atom stereocenters. The molecular weight excluding hydrogens is 306 g/mol. The minimum Gasteiger partial charge on any atom is -0.381 e. The Balaban J connectivity index is 1.52. The van der Waals surface area contributed by atoms with E-state index in [1.54, 1.807) is 0 Å². The summed E-state index contributed by atoms with van der Waals surface area (Å²) in [5.74, 6) is 1.78. The molecule has 2 N–H and O–H groups in total. The Labute approximate surface area is 139 Å². The van der Waals surface area contributed by atoms with Crippen molar-refractivity contribution in [1.82, 2.24) is 25.7 Å². The maximum atomic E-state index is 5.49. The van der Waals surface area contributed by atoms with Crippen LogP contribution < -0.4 is 5.32 Å². The molecule has 0 radical (unpaired) electrons. The zero-order valence-electron chi connectivity index (χ0n) is 13.7. The zero-order chi connectivity index (χ0) is 16.4. The largest absolute Gasteiger partial charge is 0.381 e. The summed E-state index contributed by atoms with van der Waals surface area (Å²) in [4.78, 5) is 4.44. The third-order valence-electron chi connectivity index (χ3n) is 4.58. The van der Waals surface area contributed by atoms with Crippen LogP contribution in [0.3, 0.4) is 0 Å². The number of H-pyrrole nitrogens is 1. The SMILES string of the molecule is Cc1noc([C@@H](NCc2ccc3cn[nH]c3c2)C2CCOCC2)n1. The average molecular weight is 327 g/mol. The van der Waals surface area contributed by atoms with Gasteiger partial charge in [0.2, 0.25) is 5.89 Å². The standard InChI is InChI=1S/C17H21N5O2/c1-11-20-17(24-22-11)16(13-4-6-23-7-5-13)18-9-12-2-3-14-10-19-21-15(14)8-12/h2-3,8,10,13,16,18H,4-7,9H2,1H3,(H,19,21)/t16-/m0/s1. The van der Waals surface area contributed by atoms with Gasteiger partial charge < -0.3 is 14.6 Å². The number of ether oxygens (including phenoxy) is 1. The van der Waals surface area contributed by atoms with Crippen LogP contribution in [0, 0.1) is 12.8 Å². The average Bonchev–Trinajstić information content (AvgIpc) is 3.24. The van der Waals surface area contributed by atoms with E-state index in [4.69, 9.17) is 9.26 Å². The summed E-state index contributed by atoms with van der Waals surface area (Å²) < 4.78 is 10.9. The Morgan fingerprint density at radius 1 is 1.33 bits per heavy atom. The van der Waals surface area contributed by atoms with Crippen molar-refractivity contribution in [2.24, 2.45) is 5.92 Å². The van der Waals surface area contributed by atoms with Gasteiger partial charge in [0.05, 0.1) is 17.8 Å². The third-order valence-corrected chi connectivity index (χ3v) is 4.58. The fraction of sp³-hybridized carbons (Fsp3) is 0.471. The molecule has 1 aliphatic heterocycles. The number of fused-ring (bicyclic) bond motifs is 1. The van der Waals surface area contributed by atoms with Crippen LogP contribution in [0.15, 0.2) is 28.9 Å². The Kier molecular flexibility index (Phi) is 4.27. The second kappa shape index (κ2) is 6.70. The normalized spacial score (nSPS) is 17.4. The lowest BCUT2D eigenvalue weighted by atomic mass is 9.91. The molecule has 24 heavy (non-hydrogen) atoms. The number of aromatic nitrogens is 4. The topological polar surface area (TPSA) is 88.9 Å². The highest BCUT2D eigenvalue weighted by molar-refractivity contribution is 5.78. The molecule has 1 aliphatic rings. The van der Waals surface area contributed by atoms with Crippen LogP contribution in [-0.4, -0.2) is 33.6 Å². The number of nitrogens with one attached hydrogen (secondary N) is 2. The van der Waals surface area contributed by atoms with Crippen LogP contribution in [0.2, 0.25) is 0 Å². The summed E-state index contributed by atoms with van der Waals surface area (Å²) in [5.41, 5.74) is 2.24. The van der Waals surface area contributed by atoms with Crippen LogP contribution in [0.4, 0.5) is 0 Å². The van der Waals surface area contributed by atoms with Gasteiger partial charge in [-0.25, -0.2) is 0 Å². The lowest BCUT2D eigenvalue weighted by Gasteiger charge is -2.28. The van der Waals surface area contributed by atoms with Crippen LogP contribution in [0.5, 0.6) is 0 Å². The number of aryl methyl sites for hydroxylation is 1. The van der Waals surface area contributed by atoms with E-state index < -0.39 is 0 Å². The van der Waals surface area contributed by atoms with Crippen molar-refractivity contribution in [1.29, 1.82) is 0 Å². The van der Waals surface area contributed by atoms with Crippen molar-refractivity contribution in [2.45, 2.75) is 32.4 Å². The quantitative estimate of drug-likeness (QED) is 0.748. The lowest BCUT2D eigenvalue weighted by molar-refractivity contribution is 0.0485. The minimum absolute atomic E-state index is 0.0487. The first-order valence-corrected chi connectivity index (χ1v) is 8.33. The van der Waals surface area contributed by atoms with E-state index >= 15 is 0 Å². The lowest BCUT2D eigenvalue weighted by Crippen LogP contribution is -2.32. The molecule has 0 spiro atoms. The van der Waals surface area contributed by atoms with Gasteiger partial charge in [-0.15, -0.1) is 0 Å². The molecule has 7 nitrogen and oxygen atoms in total. The second-order valence-corrected chi connectivity index (χ2v) is 6.28. The van der Waals surface area contributed by atoms with Gasteiger partial charge in [0.15, 0.2) is 5.82 Å². The second-order valence-electron chi connectivity index (χ2n) is 6.28. The van der Waals surface area contributed by atoms with Gasteiger partial charge in [-0.05, 0) is 37.3 Å². The summed E-state index contributed by atoms with van der Waals surface area (Å²) in [6.45, 7) is 4.16. The number of rotatable bonds is 5. The van der Waals surface area contributed by atoms with Gasteiger partial charge in [0.25, 0.3) is 0 Å². The van der Waals surface area contributed by atoms with Gasteiger partial charge in [-0.3, -0.25) is 5.10 Å². The number of benzene rings is 1. The Hall–Kier alpha value is -2.25. The first-order valence-electron chi connectivity index (χ1n) is 8.33. The fourth-order valence-corrected chi connectivity index (χ4v) is 3.27. The summed E-state index contributed by atoms with van der Waals surface area (Å²) >= 11 is 0. The Morgan fingerprint density at radius 2 is 2.21 bits per heavy atom. The number of aromatic amines is 1. The summed E-state index contributed by atoms with van der Waals surface area (Å²) in [6, 6.07) is 6.36. The summed E-state index contributed by atoms with van der Waals surface area (Å²) in [7, 11) is 0. The van der Waals surface area contributed by atoms with E-state index in [2.05, 4.69) is 43.9 Å².